The Morgan fingerprint density at radius 1 is 1.03 bits per heavy atom. The molecule has 2 aromatic rings. The predicted octanol–water partition coefficient (Wildman–Crippen LogP) is 2.64. The standard InChI is InChI=1S/C23H26N4O3/c1-2-26-13-15-27(16-14-26)21-9-5-19(6-10-21)22(28)11-4-18-3-7-20(24-17-18)8-12-23(29)25-30/h3-12,17,30H,2,13-16H2,1H3,(H,25,29). The van der Waals surface area contributed by atoms with Crippen LogP contribution in [-0.4, -0.2) is 59.5 Å². The largest absolute Gasteiger partial charge is 0.369 e. The van der Waals surface area contributed by atoms with Crippen LogP contribution in [0, 0.1) is 0 Å². The number of hydrogen-bond donors (Lipinski definition) is 2. The second kappa shape index (κ2) is 10.5. The summed E-state index contributed by atoms with van der Waals surface area (Å²) in [6.07, 6.45) is 7.50. The first-order valence-corrected chi connectivity index (χ1v) is 9.97. The number of benzene rings is 1. The molecule has 7 heteroatoms. The molecule has 1 aromatic carbocycles. The molecular formula is C23H26N4O3. The fourth-order valence-electron chi connectivity index (χ4n) is 3.24. The zero-order chi connectivity index (χ0) is 21.3. The van der Waals surface area contributed by atoms with Crippen LogP contribution in [-0.2, 0) is 4.79 Å². The quantitative estimate of drug-likeness (QED) is 0.318. The lowest BCUT2D eigenvalue weighted by molar-refractivity contribution is -0.124. The molecule has 30 heavy (non-hydrogen) atoms. The smallest absolute Gasteiger partial charge is 0.267 e. The lowest BCUT2D eigenvalue weighted by Gasteiger charge is -2.35. The summed E-state index contributed by atoms with van der Waals surface area (Å²) in [5.41, 5.74) is 4.65. The summed E-state index contributed by atoms with van der Waals surface area (Å²) in [4.78, 5) is 32.4. The van der Waals surface area contributed by atoms with Gasteiger partial charge in [0.1, 0.15) is 0 Å². The number of likely N-dealkylation sites (N-methyl/N-ethyl adjacent to an activating group) is 1. The number of rotatable bonds is 7. The highest BCUT2D eigenvalue weighted by Gasteiger charge is 2.15. The molecule has 0 aliphatic carbocycles. The van der Waals surface area contributed by atoms with Crippen LogP contribution in [0.3, 0.4) is 0 Å². The number of piperazine rings is 1. The number of anilines is 1. The zero-order valence-corrected chi connectivity index (χ0v) is 17.0. The monoisotopic (exact) mass is 406 g/mol. The van der Waals surface area contributed by atoms with Crippen LogP contribution in [0.5, 0.6) is 0 Å². The first-order chi connectivity index (χ1) is 14.6. The van der Waals surface area contributed by atoms with Gasteiger partial charge in [0.25, 0.3) is 5.91 Å². The summed E-state index contributed by atoms with van der Waals surface area (Å²) in [7, 11) is 0. The maximum Gasteiger partial charge on any atom is 0.267 e. The Morgan fingerprint density at radius 3 is 2.37 bits per heavy atom. The maximum atomic E-state index is 12.5. The highest BCUT2D eigenvalue weighted by molar-refractivity contribution is 6.07. The molecule has 1 fully saturated rings. The van der Waals surface area contributed by atoms with Gasteiger partial charge >= 0.3 is 0 Å². The molecule has 0 unspecified atom stereocenters. The van der Waals surface area contributed by atoms with Crippen LogP contribution in [0.1, 0.15) is 28.5 Å². The van der Waals surface area contributed by atoms with Gasteiger partial charge in [-0.15, -0.1) is 0 Å². The van der Waals surface area contributed by atoms with Gasteiger partial charge in [-0.25, -0.2) is 5.48 Å². The van der Waals surface area contributed by atoms with E-state index in [9.17, 15) is 9.59 Å². The Kier molecular flexibility index (Phi) is 7.48. The molecule has 0 bridgehead atoms. The lowest BCUT2D eigenvalue weighted by atomic mass is 10.1. The van der Waals surface area contributed by atoms with Crippen molar-refractivity contribution in [3.63, 3.8) is 0 Å². The minimum Gasteiger partial charge on any atom is -0.369 e. The normalized spacial score (nSPS) is 15.1. The fourth-order valence-corrected chi connectivity index (χ4v) is 3.24. The Balaban J connectivity index is 1.57. The molecule has 1 aliphatic heterocycles. The van der Waals surface area contributed by atoms with Gasteiger partial charge < -0.3 is 9.80 Å². The van der Waals surface area contributed by atoms with Crippen molar-refractivity contribution in [1.82, 2.24) is 15.4 Å². The number of ketones is 1. The molecule has 1 aliphatic rings. The third-order valence-corrected chi connectivity index (χ3v) is 5.09. The highest BCUT2D eigenvalue weighted by atomic mass is 16.5. The minimum atomic E-state index is -0.624. The Morgan fingerprint density at radius 2 is 1.77 bits per heavy atom. The van der Waals surface area contributed by atoms with Crippen LogP contribution in [0.2, 0.25) is 0 Å². The van der Waals surface area contributed by atoms with Crippen LogP contribution in [0.25, 0.3) is 12.2 Å². The third-order valence-electron chi connectivity index (χ3n) is 5.09. The predicted molar refractivity (Wildman–Crippen MR) is 117 cm³/mol. The van der Waals surface area contributed by atoms with Crippen molar-refractivity contribution >= 4 is 29.5 Å². The molecule has 0 saturated carbocycles. The fraction of sp³-hybridized carbons (Fsp3) is 0.261. The molecule has 7 nitrogen and oxygen atoms in total. The Bertz CT molecular complexity index is 912. The number of carbonyl (C=O) groups is 2. The number of carbonyl (C=O) groups excluding carboxylic acids is 2. The van der Waals surface area contributed by atoms with E-state index in [1.54, 1.807) is 24.4 Å². The maximum absolute atomic E-state index is 12.5. The number of pyridine rings is 1. The number of allylic oxidation sites excluding steroid dienone is 1. The lowest BCUT2D eigenvalue weighted by Crippen LogP contribution is -2.46. The summed E-state index contributed by atoms with van der Waals surface area (Å²) < 4.78 is 0. The molecule has 1 aromatic heterocycles. The van der Waals surface area contributed by atoms with Crippen LogP contribution in [0.15, 0.2) is 54.7 Å². The van der Waals surface area contributed by atoms with E-state index in [0.717, 1.165) is 44.0 Å². The van der Waals surface area contributed by atoms with E-state index in [4.69, 9.17) is 5.21 Å². The summed E-state index contributed by atoms with van der Waals surface area (Å²) >= 11 is 0. The van der Waals surface area contributed by atoms with E-state index in [1.165, 1.54) is 23.7 Å². The van der Waals surface area contributed by atoms with E-state index in [-0.39, 0.29) is 5.78 Å². The van der Waals surface area contributed by atoms with Crippen LogP contribution >= 0.6 is 0 Å². The van der Waals surface area contributed by atoms with Crippen molar-refractivity contribution in [2.75, 3.05) is 37.6 Å². The molecule has 1 amide bonds. The van der Waals surface area contributed by atoms with E-state index in [2.05, 4.69) is 21.7 Å². The average molecular weight is 406 g/mol. The van der Waals surface area contributed by atoms with Gasteiger partial charge in [0.2, 0.25) is 0 Å². The zero-order valence-electron chi connectivity index (χ0n) is 17.0. The Hall–Kier alpha value is -3.29. The van der Waals surface area contributed by atoms with E-state index in [0.29, 0.717) is 11.3 Å². The van der Waals surface area contributed by atoms with Crippen molar-refractivity contribution in [3.8, 4) is 0 Å². The van der Waals surface area contributed by atoms with Crippen molar-refractivity contribution in [2.24, 2.45) is 0 Å². The van der Waals surface area contributed by atoms with Crippen LogP contribution < -0.4 is 10.4 Å². The number of aromatic nitrogens is 1. The van der Waals surface area contributed by atoms with Gasteiger partial charge in [-0.2, -0.15) is 0 Å². The first-order valence-electron chi connectivity index (χ1n) is 9.97. The van der Waals surface area contributed by atoms with Crippen molar-refractivity contribution in [2.45, 2.75) is 6.92 Å². The molecule has 2 N–H and O–H groups in total. The average Bonchev–Trinajstić information content (AvgIpc) is 2.81. The van der Waals surface area contributed by atoms with Gasteiger partial charge in [-0.05, 0) is 60.7 Å². The van der Waals surface area contributed by atoms with Gasteiger partial charge in [0.15, 0.2) is 5.78 Å². The van der Waals surface area contributed by atoms with Gasteiger partial charge in [0.05, 0.1) is 5.69 Å². The highest BCUT2D eigenvalue weighted by Crippen LogP contribution is 2.18. The summed E-state index contributed by atoms with van der Waals surface area (Å²) in [6, 6.07) is 11.3. The second-order valence-electron chi connectivity index (χ2n) is 6.99. The number of nitrogens with zero attached hydrogens (tertiary/aromatic N) is 3. The molecule has 1 saturated heterocycles. The number of hydroxylamine groups is 1. The Labute approximate surface area is 176 Å². The minimum absolute atomic E-state index is 0.0686. The van der Waals surface area contributed by atoms with Gasteiger partial charge in [-0.3, -0.25) is 19.8 Å². The summed E-state index contributed by atoms with van der Waals surface area (Å²) in [5.74, 6) is -0.693. The SMILES string of the molecule is CCN1CCN(c2ccc(C(=O)C=Cc3ccc(C=CC(=O)NO)nc3)cc2)CC1. The number of nitrogens with one attached hydrogen (secondary N) is 1. The van der Waals surface area contributed by atoms with Crippen LogP contribution in [0.4, 0.5) is 5.69 Å². The summed E-state index contributed by atoms with van der Waals surface area (Å²) in [5, 5.41) is 8.46. The molecule has 3 rings (SSSR count). The molecular weight excluding hydrogens is 380 g/mol. The molecule has 2 heterocycles. The van der Waals surface area contributed by atoms with E-state index < -0.39 is 5.91 Å². The second-order valence-corrected chi connectivity index (χ2v) is 6.99. The van der Waals surface area contributed by atoms with E-state index >= 15 is 0 Å². The first kappa shape index (κ1) is 21.4. The van der Waals surface area contributed by atoms with Crippen molar-refractivity contribution < 1.29 is 14.8 Å². The van der Waals surface area contributed by atoms with Crippen molar-refractivity contribution in [1.29, 1.82) is 0 Å². The molecule has 156 valence electrons. The van der Waals surface area contributed by atoms with Crippen molar-refractivity contribution in [3.05, 3.63) is 71.6 Å². The summed E-state index contributed by atoms with van der Waals surface area (Å²) in [6.45, 7) is 7.41. The van der Waals surface area contributed by atoms with Gasteiger partial charge in [0, 0.05) is 49.7 Å². The van der Waals surface area contributed by atoms with Gasteiger partial charge in [-0.1, -0.05) is 13.0 Å². The topological polar surface area (TPSA) is 85.8 Å². The number of hydrogen-bond acceptors (Lipinski definition) is 6. The van der Waals surface area contributed by atoms with E-state index in [1.807, 2.05) is 24.3 Å². The molecule has 0 spiro atoms. The molecule has 0 atom stereocenters. The third kappa shape index (κ3) is 5.85. The number of amides is 1. The molecule has 0 radical (unpaired) electrons.